The molecule has 3 aromatic rings. The van der Waals surface area contributed by atoms with Crippen LogP contribution < -0.4 is 9.47 Å². The molecule has 2 aliphatic heterocycles. The van der Waals surface area contributed by atoms with Gasteiger partial charge in [-0.2, -0.15) is 4.80 Å². The second-order valence-electron chi connectivity index (χ2n) is 9.05. The van der Waals surface area contributed by atoms with Gasteiger partial charge >= 0.3 is 0 Å². The minimum Gasteiger partial charge on any atom is -0.633 e. The summed E-state index contributed by atoms with van der Waals surface area (Å²) < 4.78 is 11.3. The Balaban J connectivity index is 1.58. The number of hydrogen-bond acceptors (Lipinski definition) is 7. The number of hydrogen-bond donors (Lipinski definition) is 0. The van der Waals surface area contributed by atoms with Gasteiger partial charge < -0.3 is 19.3 Å². The number of aromatic nitrogens is 4. The molecule has 0 aliphatic carbocycles. The molecule has 1 fully saturated rings. The standard InChI is InChI=1S/C25H30N6O3/c1-5-30-28-25(27-29-30)17-9-7-16(8-10-17)24-19-14-22(33-4)23(34-6-2)13-18(19)20-15-31(3,32)12-11-21(20)26-24/h7-10,13-14,20-21H,5-6,11-12,15H2,1-4H3. The van der Waals surface area contributed by atoms with Crippen molar-refractivity contribution < 1.29 is 14.1 Å². The largest absolute Gasteiger partial charge is 0.633 e. The van der Waals surface area contributed by atoms with Crippen molar-refractivity contribution in [2.24, 2.45) is 4.99 Å². The first-order valence-electron chi connectivity index (χ1n) is 11.8. The number of rotatable bonds is 6. The number of piperidine rings is 1. The highest BCUT2D eigenvalue weighted by atomic mass is 16.5. The molecule has 2 aliphatic rings. The topological polar surface area (TPSA) is 97.5 Å². The van der Waals surface area contributed by atoms with Gasteiger partial charge in [0.25, 0.3) is 0 Å². The van der Waals surface area contributed by atoms with E-state index in [4.69, 9.17) is 14.5 Å². The van der Waals surface area contributed by atoms with Gasteiger partial charge in [-0.15, -0.1) is 10.2 Å². The van der Waals surface area contributed by atoms with E-state index in [1.807, 2.05) is 44.2 Å². The van der Waals surface area contributed by atoms with Crippen molar-refractivity contribution in [3.05, 3.63) is 58.3 Å². The molecule has 178 valence electrons. The second-order valence-corrected chi connectivity index (χ2v) is 9.05. The molecule has 0 saturated carbocycles. The lowest BCUT2D eigenvalue weighted by Gasteiger charge is -2.48. The zero-order valence-electron chi connectivity index (χ0n) is 20.1. The maximum atomic E-state index is 12.9. The van der Waals surface area contributed by atoms with Crippen LogP contribution in [0.25, 0.3) is 11.4 Å². The molecule has 34 heavy (non-hydrogen) atoms. The van der Waals surface area contributed by atoms with Crippen LogP contribution in [0.5, 0.6) is 11.5 Å². The lowest BCUT2D eigenvalue weighted by Crippen LogP contribution is -2.51. The second kappa shape index (κ2) is 8.81. The summed E-state index contributed by atoms with van der Waals surface area (Å²) in [5.41, 5.74) is 4.92. The van der Waals surface area contributed by atoms with Gasteiger partial charge in [0, 0.05) is 23.1 Å². The molecule has 3 unspecified atom stereocenters. The number of methoxy groups -OCH3 is 1. The number of fused-ring (bicyclic) bond motifs is 3. The van der Waals surface area contributed by atoms with Crippen LogP contribution in [0.1, 0.15) is 42.9 Å². The van der Waals surface area contributed by atoms with Crippen LogP contribution in [0.3, 0.4) is 0 Å². The number of benzene rings is 2. The Morgan fingerprint density at radius 3 is 2.56 bits per heavy atom. The van der Waals surface area contributed by atoms with E-state index in [9.17, 15) is 5.21 Å². The predicted octanol–water partition coefficient (Wildman–Crippen LogP) is 3.42. The molecule has 3 heterocycles. The zero-order chi connectivity index (χ0) is 23.9. The average molecular weight is 463 g/mol. The molecule has 3 atom stereocenters. The first-order valence-corrected chi connectivity index (χ1v) is 11.8. The van der Waals surface area contributed by atoms with E-state index in [1.165, 1.54) is 0 Å². The van der Waals surface area contributed by atoms with Crippen LogP contribution in [-0.4, -0.2) is 70.5 Å². The molecular weight excluding hydrogens is 432 g/mol. The van der Waals surface area contributed by atoms with Gasteiger partial charge in [0.1, 0.15) is 0 Å². The third kappa shape index (κ3) is 4.05. The fourth-order valence-corrected chi connectivity index (χ4v) is 4.95. The van der Waals surface area contributed by atoms with Crippen molar-refractivity contribution >= 4 is 5.71 Å². The summed E-state index contributed by atoms with van der Waals surface area (Å²) >= 11 is 0. The molecule has 9 heteroatoms. The molecular formula is C25H30N6O3. The first kappa shape index (κ1) is 22.5. The van der Waals surface area contributed by atoms with Crippen molar-refractivity contribution in [1.82, 2.24) is 20.2 Å². The van der Waals surface area contributed by atoms with Gasteiger partial charge in [0.2, 0.25) is 5.82 Å². The Bertz CT molecular complexity index is 1220. The Labute approximate surface area is 199 Å². The normalized spacial score (nSPS) is 23.6. The molecule has 9 nitrogen and oxygen atoms in total. The number of likely N-dealkylation sites (N-methyl/N-ethyl adjacent to an activating group) is 1. The summed E-state index contributed by atoms with van der Waals surface area (Å²) in [5.74, 6) is 2.02. The molecule has 2 aromatic carbocycles. The van der Waals surface area contributed by atoms with Gasteiger partial charge in [-0.05, 0) is 36.8 Å². The Morgan fingerprint density at radius 2 is 1.88 bits per heavy atom. The molecule has 0 amide bonds. The number of nitrogens with zero attached hydrogens (tertiary/aromatic N) is 6. The first-order chi connectivity index (χ1) is 16.4. The van der Waals surface area contributed by atoms with E-state index < -0.39 is 0 Å². The highest BCUT2D eigenvalue weighted by Gasteiger charge is 2.40. The Kier molecular flexibility index (Phi) is 5.83. The third-order valence-electron chi connectivity index (χ3n) is 6.68. The highest BCUT2D eigenvalue weighted by Crippen LogP contribution is 2.43. The molecule has 0 spiro atoms. The summed E-state index contributed by atoms with van der Waals surface area (Å²) in [6.45, 7) is 6.22. The van der Waals surface area contributed by atoms with Gasteiger partial charge in [-0.25, -0.2) is 0 Å². The quantitative estimate of drug-likeness (QED) is 0.411. The van der Waals surface area contributed by atoms with Crippen molar-refractivity contribution in [3.63, 3.8) is 0 Å². The van der Waals surface area contributed by atoms with Crippen LogP contribution in [0, 0.1) is 5.21 Å². The van der Waals surface area contributed by atoms with Crippen LogP contribution in [0.4, 0.5) is 0 Å². The minimum atomic E-state index is -0.248. The third-order valence-corrected chi connectivity index (χ3v) is 6.68. The smallest absolute Gasteiger partial charge is 0.204 e. The summed E-state index contributed by atoms with van der Waals surface area (Å²) in [5, 5.41) is 25.5. The van der Waals surface area contributed by atoms with Gasteiger partial charge in [-0.1, -0.05) is 24.3 Å². The van der Waals surface area contributed by atoms with Crippen molar-refractivity contribution in [2.75, 3.05) is 33.9 Å². The zero-order valence-corrected chi connectivity index (χ0v) is 20.1. The molecule has 0 bridgehead atoms. The van der Waals surface area contributed by atoms with Gasteiger partial charge in [0.15, 0.2) is 11.5 Å². The lowest BCUT2D eigenvalue weighted by molar-refractivity contribution is -0.867. The van der Waals surface area contributed by atoms with Gasteiger partial charge in [0.05, 0.1) is 58.1 Å². The van der Waals surface area contributed by atoms with Crippen molar-refractivity contribution in [1.29, 1.82) is 0 Å². The van der Waals surface area contributed by atoms with Gasteiger partial charge in [-0.3, -0.25) is 4.99 Å². The van der Waals surface area contributed by atoms with Crippen LogP contribution in [0.2, 0.25) is 0 Å². The van der Waals surface area contributed by atoms with E-state index >= 15 is 0 Å². The van der Waals surface area contributed by atoms with E-state index in [-0.39, 0.29) is 16.6 Å². The number of hydroxylamine groups is 3. The van der Waals surface area contributed by atoms with E-state index in [0.29, 0.717) is 43.6 Å². The number of ether oxygens (including phenoxy) is 2. The highest BCUT2D eigenvalue weighted by molar-refractivity contribution is 6.15. The SMILES string of the molecule is CCOc1cc2c(cc1OC)C(c1ccc(-c3nnn(CC)n3)cc1)=NC1CC[N+](C)([O-])CC21. The Hall–Kier alpha value is -3.30. The Morgan fingerprint density at radius 1 is 1.12 bits per heavy atom. The van der Waals surface area contributed by atoms with Crippen LogP contribution >= 0.6 is 0 Å². The summed E-state index contributed by atoms with van der Waals surface area (Å²) in [4.78, 5) is 6.74. The van der Waals surface area contributed by atoms with Crippen molar-refractivity contribution in [3.8, 4) is 22.9 Å². The lowest BCUT2D eigenvalue weighted by atomic mass is 9.78. The summed E-state index contributed by atoms with van der Waals surface area (Å²) in [6, 6.07) is 12.2. The molecule has 0 N–H and O–H groups in total. The maximum absolute atomic E-state index is 12.9. The van der Waals surface area contributed by atoms with E-state index in [1.54, 1.807) is 19.0 Å². The fraction of sp³-hybridized carbons (Fsp3) is 0.440. The summed E-state index contributed by atoms with van der Waals surface area (Å²) in [7, 11) is 3.40. The predicted molar refractivity (Wildman–Crippen MR) is 129 cm³/mol. The molecule has 1 saturated heterocycles. The molecule has 1 aromatic heterocycles. The molecule has 5 rings (SSSR count). The monoisotopic (exact) mass is 462 g/mol. The molecule has 0 radical (unpaired) electrons. The van der Waals surface area contributed by atoms with E-state index in [2.05, 4.69) is 21.5 Å². The number of quaternary nitrogens is 1. The summed E-state index contributed by atoms with van der Waals surface area (Å²) in [6.07, 6.45) is 0.756. The number of aliphatic imine (C=N–C) groups is 1. The maximum Gasteiger partial charge on any atom is 0.204 e. The number of tetrazole rings is 1. The van der Waals surface area contributed by atoms with Crippen LogP contribution in [-0.2, 0) is 6.54 Å². The number of aryl methyl sites for hydroxylation is 1. The average Bonchev–Trinajstić information content (AvgIpc) is 3.33. The van der Waals surface area contributed by atoms with E-state index in [0.717, 1.165) is 34.4 Å². The minimum absolute atomic E-state index is 0.0488. The number of likely N-dealkylation sites (tertiary alicyclic amines) is 1. The van der Waals surface area contributed by atoms with Crippen molar-refractivity contribution in [2.45, 2.75) is 38.8 Å². The fourth-order valence-electron chi connectivity index (χ4n) is 4.95. The van der Waals surface area contributed by atoms with Crippen LogP contribution in [0.15, 0.2) is 41.4 Å².